The molecule has 2 aromatic carbocycles. The van der Waals surface area contributed by atoms with Gasteiger partial charge in [-0.05, 0) is 35.7 Å². The van der Waals surface area contributed by atoms with E-state index in [1.165, 1.54) is 4.90 Å². The standard InChI is InChI=1S/C24H25N3O3/c1-3-4-12-26-23(28)20-14-18-17-10-5-6-11-19(17)25-21(18)22(27(20)24(26)29)15-8-7-9-16(13-15)30-2/h5-11,13,20,22,25H,3-4,12,14H2,1-2H3/t20-,22-/m1/s1. The van der Waals surface area contributed by atoms with Crippen LogP contribution < -0.4 is 4.74 Å². The maximum Gasteiger partial charge on any atom is 0.328 e. The Morgan fingerprint density at radius 2 is 1.97 bits per heavy atom. The summed E-state index contributed by atoms with van der Waals surface area (Å²) in [4.78, 5) is 33.4. The van der Waals surface area contributed by atoms with Crippen LogP contribution in [0.1, 0.15) is 42.6 Å². The normalized spacial score (nSPS) is 20.6. The van der Waals surface area contributed by atoms with Crippen molar-refractivity contribution in [3.63, 3.8) is 0 Å². The lowest BCUT2D eigenvalue weighted by molar-refractivity contribution is -0.128. The van der Waals surface area contributed by atoms with Crippen molar-refractivity contribution in [1.29, 1.82) is 0 Å². The molecule has 0 radical (unpaired) electrons. The molecule has 6 nitrogen and oxygen atoms in total. The number of aromatic nitrogens is 1. The highest BCUT2D eigenvalue weighted by molar-refractivity contribution is 6.05. The first-order valence-corrected chi connectivity index (χ1v) is 10.5. The van der Waals surface area contributed by atoms with Gasteiger partial charge in [-0.1, -0.05) is 43.7 Å². The van der Waals surface area contributed by atoms with Crippen LogP contribution in [0.15, 0.2) is 48.5 Å². The summed E-state index contributed by atoms with van der Waals surface area (Å²) in [7, 11) is 1.63. The van der Waals surface area contributed by atoms with Crippen LogP contribution in [0, 0.1) is 0 Å². The number of H-pyrrole nitrogens is 1. The van der Waals surface area contributed by atoms with E-state index in [4.69, 9.17) is 4.74 Å². The molecule has 0 aliphatic carbocycles. The van der Waals surface area contributed by atoms with E-state index in [9.17, 15) is 9.59 Å². The van der Waals surface area contributed by atoms with Gasteiger partial charge in [0, 0.05) is 29.6 Å². The molecule has 0 bridgehead atoms. The van der Waals surface area contributed by atoms with Crippen molar-refractivity contribution < 1.29 is 14.3 Å². The topological polar surface area (TPSA) is 65.6 Å². The molecule has 0 saturated carbocycles. The average molecular weight is 403 g/mol. The second kappa shape index (κ2) is 7.20. The molecule has 1 saturated heterocycles. The summed E-state index contributed by atoms with van der Waals surface area (Å²) in [6.45, 7) is 2.54. The van der Waals surface area contributed by atoms with Gasteiger partial charge in [0.25, 0.3) is 5.91 Å². The molecule has 6 heteroatoms. The molecule has 1 N–H and O–H groups in total. The molecule has 1 aromatic heterocycles. The van der Waals surface area contributed by atoms with Crippen molar-refractivity contribution in [3.8, 4) is 5.75 Å². The zero-order chi connectivity index (χ0) is 20.8. The van der Waals surface area contributed by atoms with Crippen molar-refractivity contribution in [2.24, 2.45) is 0 Å². The maximum atomic E-state index is 13.4. The molecule has 0 unspecified atom stereocenters. The van der Waals surface area contributed by atoms with Crippen molar-refractivity contribution in [2.45, 2.75) is 38.3 Å². The second-order valence-corrected chi connectivity index (χ2v) is 8.00. The van der Waals surface area contributed by atoms with Crippen LogP contribution in [0.4, 0.5) is 4.79 Å². The van der Waals surface area contributed by atoms with Gasteiger partial charge in [0.2, 0.25) is 0 Å². The maximum absolute atomic E-state index is 13.4. The third kappa shape index (κ3) is 2.70. The summed E-state index contributed by atoms with van der Waals surface area (Å²) < 4.78 is 5.44. The fourth-order valence-electron chi connectivity index (χ4n) is 4.81. The van der Waals surface area contributed by atoms with E-state index in [-0.39, 0.29) is 18.0 Å². The lowest BCUT2D eigenvalue weighted by Crippen LogP contribution is -2.44. The molecule has 3 heterocycles. The number of carbonyl (C=O) groups excluding carboxylic acids is 2. The molecular weight excluding hydrogens is 378 g/mol. The first-order valence-electron chi connectivity index (χ1n) is 10.5. The number of nitrogens with one attached hydrogen (secondary N) is 1. The molecular formula is C24H25N3O3. The van der Waals surface area contributed by atoms with Crippen LogP contribution in [-0.2, 0) is 11.2 Å². The summed E-state index contributed by atoms with van der Waals surface area (Å²) in [5.74, 6) is 0.644. The number of amides is 3. The van der Waals surface area contributed by atoms with Crippen LogP contribution in [-0.4, -0.2) is 46.4 Å². The van der Waals surface area contributed by atoms with E-state index in [0.29, 0.717) is 13.0 Å². The number of benzene rings is 2. The zero-order valence-electron chi connectivity index (χ0n) is 17.2. The minimum absolute atomic E-state index is 0.0859. The Hall–Kier alpha value is -3.28. The van der Waals surface area contributed by atoms with Gasteiger partial charge in [-0.15, -0.1) is 0 Å². The second-order valence-electron chi connectivity index (χ2n) is 8.00. The van der Waals surface area contributed by atoms with E-state index in [2.05, 4.69) is 18.0 Å². The number of unbranched alkanes of at least 4 members (excludes halogenated alkanes) is 1. The van der Waals surface area contributed by atoms with E-state index in [1.54, 1.807) is 12.0 Å². The van der Waals surface area contributed by atoms with E-state index in [1.807, 2.05) is 42.5 Å². The smallest absolute Gasteiger partial charge is 0.328 e. The van der Waals surface area contributed by atoms with Gasteiger partial charge in [-0.2, -0.15) is 0 Å². The lowest BCUT2D eigenvalue weighted by Gasteiger charge is -2.36. The number of hydrogen-bond acceptors (Lipinski definition) is 3. The zero-order valence-corrected chi connectivity index (χ0v) is 17.2. The highest BCUT2D eigenvalue weighted by Gasteiger charge is 2.52. The fraction of sp³-hybridized carbons (Fsp3) is 0.333. The van der Waals surface area contributed by atoms with Crippen LogP contribution in [0.2, 0.25) is 0 Å². The number of rotatable bonds is 5. The summed E-state index contributed by atoms with van der Waals surface area (Å²) in [5, 5.41) is 1.12. The van der Waals surface area contributed by atoms with Gasteiger partial charge in [0.15, 0.2) is 0 Å². The molecule has 2 aliphatic heterocycles. The van der Waals surface area contributed by atoms with Gasteiger partial charge in [-0.3, -0.25) is 14.6 Å². The Morgan fingerprint density at radius 3 is 2.77 bits per heavy atom. The Bertz CT molecular complexity index is 1140. The van der Waals surface area contributed by atoms with Crippen LogP contribution in [0.3, 0.4) is 0 Å². The highest BCUT2D eigenvalue weighted by atomic mass is 16.5. The van der Waals surface area contributed by atoms with Gasteiger partial charge < -0.3 is 9.72 Å². The summed E-state index contributed by atoms with van der Waals surface area (Å²) in [6, 6.07) is 14.9. The van der Waals surface area contributed by atoms with Gasteiger partial charge in [-0.25, -0.2) is 4.79 Å². The number of urea groups is 1. The summed E-state index contributed by atoms with van der Waals surface area (Å²) in [6.07, 6.45) is 2.29. The van der Waals surface area contributed by atoms with Gasteiger partial charge >= 0.3 is 6.03 Å². The predicted molar refractivity (Wildman–Crippen MR) is 114 cm³/mol. The molecule has 3 amide bonds. The van der Waals surface area contributed by atoms with E-state index < -0.39 is 6.04 Å². The number of carbonyl (C=O) groups is 2. The minimum atomic E-state index is -0.475. The molecule has 2 aliphatic rings. The number of nitrogens with zero attached hydrogens (tertiary/aromatic N) is 2. The summed E-state index contributed by atoms with van der Waals surface area (Å²) in [5.41, 5.74) is 4.07. The van der Waals surface area contributed by atoms with Crippen molar-refractivity contribution >= 4 is 22.8 Å². The monoisotopic (exact) mass is 403 g/mol. The quantitative estimate of drug-likeness (QED) is 0.648. The van der Waals surface area contributed by atoms with Gasteiger partial charge in [0.1, 0.15) is 17.8 Å². The average Bonchev–Trinajstić information content (AvgIpc) is 3.26. The Morgan fingerprint density at radius 1 is 1.13 bits per heavy atom. The molecule has 30 heavy (non-hydrogen) atoms. The number of fused-ring (bicyclic) bond motifs is 4. The van der Waals surface area contributed by atoms with Gasteiger partial charge in [0.05, 0.1) is 7.11 Å². The van der Waals surface area contributed by atoms with E-state index in [0.717, 1.165) is 46.3 Å². The van der Waals surface area contributed by atoms with Crippen molar-refractivity contribution in [1.82, 2.24) is 14.8 Å². The fourth-order valence-corrected chi connectivity index (χ4v) is 4.81. The van der Waals surface area contributed by atoms with Crippen molar-refractivity contribution in [3.05, 3.63) is 65.4 Å². The Labute approximate surface area is 175 Å². The molecule has 0 spiro atoms. The third-order valence-corrected chi connectivity index (χ3v) is 6.28. The number of aromatic amines is 1. The van der Waals surface area contributed by atoms with E-state index >= 15 is 0 Å². The molecule has 1 fully saturated rings. The minimum Gasteiger partial charge on any atom is -0.497 e. The number of imide groups is 1. The molecule has 2 atom stereocenters. The first-order chi connectivity index (χ1) is 14.6. The third-order valence-electron chi connectivity index (χ3n) is 6.28. The molecule has 5 rings (SSSR count). The molecule has 3 aromatic rings. The largest absolute Gasteiger partial charge is 0.497 e. The number of methoxy groups -OCH3 is 1. The Kier molecular flexibility index (Phi) is 4.50. The first kappa shape index (κ1) is 18.7. The number of ether oxygens (including phenoxy) is 1. The molecule has 154 valence electrons. The van der Waals surface area contributed by atoms with Crippen molar-refractivity contribution in [2.75, 3.05) is 13.7 Å². The Balaban J connectivity index is 1.68. The summed E-state index contributed by atoms with van der Waals surface area (Å²) >= 11 is 0. The van der Waals surface area contributed by atoms with Crippen LogP contribution in [0.25, 0.3) is 10.9 Å². The highest BCUT2D eigenvalue weighted by Crippen LogP contribution is 2.44. The SMILES string of the molecule is CCCCN1C(=O)[C@H]2Cc3c([nH]c4ccccc34)[C@@H](c3cccc(OC)c3)N2C1=O. The number of hydrogen-bond donors (Lipinski definition) is 1. The lowest BCUT2D eigenvalue weighted by atomic mass is 9.89. The predicted octanol–water partition coefficient (Wildman–Crippen LogP) is 4.25. The van der Waals surface area contributed by atoms with Crippen LogP contribution in [0.5, 0.6) is 5.75 Å². The van der Waals surface area contributed by atoms with Crippen LogP contribution >= 0.6 is 0 Å². The number of para-hydroxylation sites is 1.